The van der Waals surface area contributed by atoms with Crippen LogP contribution in [0.3, 0.4) is 0 Å². The summed E-state index contributed by atoms with van der Waals surface area (Å²) in [6.07, 6.45) is 5.27. The van der Waals surface area contributed by atoms with Gasteiger partial charge in [0.1, 0.15) is 0 Å². The molecule has 0 aliphatic heterocycles. The molecule has 0 radical (unpaired) electrons. The van der Waals surface area contributed by atoms with Crippen LogP contribution in [-0.4, -0.2) is 29.7 Å². The lowest BCUT2D eigenvalue weighted by Crippen LogP contribution is -2.43. The van der Waals surface area contributed by atoms with Gasteiger partial charge in [0, 0.05) is 19.0 Å². The number of hydrogen-bond acceptors (Lipinski definition) is 2. The van der Waals surface area contributed by atoms with E-state index in [4.69, 9.17) is 5.11 Å². The number of carboxylic acids is 1. The molecule has 1 saturated carbocycles. The topological polar surface area (TPSA) is 78.4 Å². The molecule has 0 aromatic heterocycles. The van der Waals surface area contributed by atoms with Gasteiger partial charge in [-0.05, 0) is 38.0 Å². The van der Waals surface area contributed by atoms with Crippen molar-refractivity contribution < 1.29 is 14.7 Å². The lowest BCUT2D eigenvalue weighted by molar-refractivity contribution is -0.137. The minimum Gasteiger partial charge on any atom is -0.481 e. The third-order valence-corrected chi connectivity index (χ3v) is 3.53. The zero-order chi connectivity index (χ0) is 13.6. The Morgan fingerprint density at radius 2 is 2.06 bits per heavy atom. The highest BCUT2D eigenvalue weighted by molar-refractivity contribution is 5.74. The first-order valence-corrected chi connectivity index (χ1v) is 6.73. The van der Waals surface area contributed by atoms with Crippen LogP contribution in [0.5, 0.6) is 0 Å². The van der Waals surface area contributed by atoms with Crippen LogP contribution in [0.2, 0.25) is 0 Å². The molecule has 1 rings (SSSR count). The van der Waals surface area contributed by atoms with Crippen LogP contribution >= 0.6 is 0 Å². The fraction of sp³-hybridized carbons (Fsp3) is 0.846. The Kier molecular flexibility index (Phi) is 5.44. The van der Waals surface area contributed by atoms with Crippen LogP contribution in [0, 0.1) is 5.41 Å². The quantitative estimate of drug-likeness (QED) is 0.622. The highest BCUT2D eigenvalue weighted by atomic mass is 16.4. The molecule has 0 saturated heterocycles. The van der Waals surface area contributed by atoms with Crippen molar-refractivity contribution in [3.8, 4) is 0 Å². The lowest BCUT2D eigenvalue weighted by atomic mass is 10.0. The summed E-state index contributed by atoms with van der Waals surface area (Å²) in [6.45, 7) is 4.72. The number of nitrogens with one attached hydrogen (secondary N) is 2. The summed E-state index contributed by atoms with van der Waals surface area (Å²) in [5, 5.41) is 14.2. The fourth-order valence-corrected chi connectivity index (χ4v) is 2.18. The maximum atomic E-state index is 11.6. The molecule has 0 spiro atoms. The summed E-state index contributed by atoms with van der Waals surface area (Å²) in [7, 11) is 0. The molecule has 1 aliphatic carbocycles. The average molecular weight is 256 g/mol. The first-order chi connectivity index (χ1) is 8.47. The molecule has 5 nitrogen and oxygen atoms in total. The van der Waals surface area contributed by atoms with E-state index in [1.54, 1.807) is 0 Å². The normalized spacial score (nSPS) is 17.9. The molecule has 18 heavy (non-hydrogen) atoms. The third kappa shape index (κ3) is 5.38. The van der Waals surface area contributed by atoms with Crippen molar-refractivity contribution in [1.29, 1.82) is 0 Å². The molecule has 1 aliphatic rings. The van der Waals surface area contributed by atoms with Gasteiger partial charge >= 0.3 is 12.0 Å². The molecular formula is C13H24N2O3. The van der Waals surface area contributed by atoms with E-state index in [2.05, 4.69) is 17.6 Å². The Labute approximate surface area is 108 Å². The van der Waals surface area contributed by atoms with Crippen molar-refractivity contribution in [2.24, 2.45) is 5.41 Å². The molecule has 104 valence electrons. The SMILES string of the molecule is CCCC1(CNC(=O)NC(C)CCC(=O)O)CC1. The summed E-state index contributed by atoms with van der Waals surface area (Å²) in [6, 6.07) is -0.294. The van der Waals surface area contributed by atoms with Gasteiger partial charge < -0.3 is 15.7 Å². The molecule has 2 amide bonds. The van der Waals surface area contributed by atoms with Crippen molar-refractivity contribution in [2.75, 3.05) is 6.54 Å². The van der Waals surface area contributed by atoms with Gasteiger partial charge in [0.15, 0.2) is 0 Å². The first kappa shape index (κ1) is 14.8. The van der Waals surface area contributed by atoms with Gasteiger partial charge in [-0.15, -0.1) is 0 Å². The third-order valence-electron chi connectivity index (χ3n) is 3.53. The minimum absolute atomic E-state index is 0.0845. The molecule has 5 heteroatoms. The number of aliphatic carboxylic acids is 1. The Morgan fingerprint density at radius 3 is 2.56 bits per heavy atom. The van der Waals surface area contributed by atoms with Crippen molar-refractivity contribution in [3.05, 3.63) is 0 Å². The van der Waals surface area contributed by atoms with E-state index in [0.717, 1.165) is 13.0 Å². The van der Waals surface area contributed by atoms with E-state index in [1.807, 2.05) is 6.92 Å². The number of hydrogen-bond donors (Lipinski definition) is 3. The van der Waals surface area contributed by atoms with Crippen LogP contribution in [0.25, 0.3) is 0 Å². The Morgan fingerprint density at radius 1 is 1.39 bits per heavy atom. The van der Waals surface area contributed by atoms with E-state index in [0.29, 0.717) is 11.8 Å². The lowest BCUT2D eigenvalue weighted by Gasteiger charge is -2.17. The first-order valence-electron chi connectivity index (χ1n) is 6.73. The van der Waals surface area contributed by atoms with E-state index in [9.17, 15) is 9.59 Å². The summed E-state index contributed by atoms with van der Waals surface area (Å²) >= 11 is 0. The van der Waals surface area contributed by atoms with Crippen LogP contribution in [-0.2, 0) is 4.79 Å². The maximum absolute atomic E-state index is 11.6. The summed E-state index contributed by atoms with van der Waals surface area (Å²) in [4.78, 5) is 22.0. The number of carbonyl (C=O) groups is 2. The molecule has 0 aromatic carbocycles. The number of amides is 2. The fourth-order valence-electron chi connectivity index (χ4n) is 2.18. The number of rotatable bonds is 8. The second-order valence-corrected chi connectivity index (χ2v) is 5.41. The highest BCUT2D eigenvalue weighted by Crippen LogP contribution is 2.48. The predicted octanol–water partition coefficient (Wildman–Crippen LogP) is 2.12. The van der Waals surface area contributed by atoms with Crippen LogP contribution < -0.4 is 10.6 Å². The Balaban J connectivity index is 2.15. The van der Waals surface area contributed by atoms with Crippen molar-refractivity contribution in [3.63, 3.8) is 0 Å². The summed E-state index contributed by atoms with van der Waals surface area (Å²) in [5.41, 5.74) is 0.344. The van der Waals surface area contributed by atoms with Crippen molar-refractivity contribution in [2.45, 2.75) is 58.4 Å². The molecule has 1 fully saturated rings. The second-order valence-electron chi connectivity index (χ2n) is 5.41. The smallest absolute Gasteiger partial charge is 0.315 e. The molecule has 1 atom stereocenters. The second kappa shape index (κ2) is 6.61. The van der Waals surface area contributed by atoms with Gasteiger partial charge in [-0.25, -0.2) is 4.79 Å². The van der Waals surface area contributed by atoms with Crippen LogP contribution in [0.15, 0.2) is 0 Å². The standard InChI is InChI=1S/C13H24N2O3/c1-3-6-13(7-8-13)9-14-12(18)15-10(2)4-5-11(16)17/h10H,3-9H2,1-2H3,(H,16,17)(H2,14,15,18). The largest absolute Gasteiger partial charge is 0.481 e. The van der Waals surface area contributed by atoms with Gasteiger partial charge in [-0.1, -0.05) is 13.3 Å². The summed E-state index contributed by atoms with van der Waals surface area (Å²) in [5.74, 6) is -0.830. The molecule has 1 unspecified atom stereocenters. The van der Waals surface area contributed by atoms with Gasteiger partial charge in [0.2, 0.25) is 0 Å². The van der Waals surface area contributed by atoms with E-state index < -0.39 is 5.97 Å². The Bertz CT molecular complexity index is 301. The van der Waals surface area contributed by atoms with Gasteiger partial charge in [-0.3, -0.25) is 4.79 Å². The Hall–Kier alpha value is -1.26. The van der Waals surface area contributed by atoms with Crippen molar-refractivity contribution in [1.82, 2.24) is 10.6 Å². The van der Waals surface area contributed by atoms with Crippen molar-refractivity contribution >= 4 is 12.0 Å². The van der Waals surface area contributed by atoms with Crippen LogP contribution in [0.1, 0.15) is 52.4 Å². The minimum atomic E-state index is -0.830. The van der Waals surface area contributed by atoms with Crippen LogP contribution in [0.4, 0.5) is 4.79 Å². The number of carbonyl (C=O) groups excluding carboxylic acids is 1. The highest BCUT2D eigenvalue weighted by Gasteiger charge is 2.41. The predicted molar refractivity (Wildman–Crippen MR) is 69.4 cm³/mol. The van der Waals surface area contributed by atoms with Gasteiger partial charge in [-0.2, -0.15) is 0 Å². The number of carboxylic acid groups (broad SMARTS) is 1. The molecule has 0 heterocycles. The average Bonchev–Trinajstić information content (AvgIpc) is 3.05. The van der Waals surface area contributed by atoms with E-state index in [1.165, 1.54) is 19.3 Å². The zero-order valence-corrected chi connectivity index (χ0v) is 11.3. The molecule has 3 N–H and O–H groups in total. The van der Waals surface area contributed by atoms with Gasteiger partial charge in [0.05, 0.1) is 0 Å². The van der Waals surface area contributed by atoms with Gasteiger partial charge in [0.25, 0.3) is 0 Å². The maximum Gasteiger partial charge on any atom is 0.315 e. The van der Waals surface area contributed by atoms with E-state index in [-0.39, 0.29) is 18.5 Å². The summed E-state index contributed by atoms with van der Waals surface area (Å²) < 4.78 is 0. The molecular weight excluding hydrogens is 232 g/mol. The molecule has 0 bridgehead atoms. The zero-order valence-electron chi connectivity index (χ0n) is 11.3. The monoisotopic (exact) mass is 256 g/mol. The van der Waals surface area contributed by atoms with E-state index >= 15 is 0 Å². The number of urea groups is 1. The molecule has 0 aromatic rings.